The molecule has 1 aliphatic rings. The van der Waals surface area contributed by atoms with Crippen LogP contribution in [0.25, 0.3) is 5.65 Å². The van der Waals surface area contributed by atoms with Gasteiger partial charge < -0.3 is 10.0 Å². The molecule has 0 amide bonds. The average molecular weight is 260 g/mol. The molecule has 0 aromatic carbocycles. The second-order valence-electron chi connectivity index (χ2n) is 5.10. The van der Waals surface area contributed by atoms with E-state index in [1.165, 1.54) is 6.20 Å². The van der Waals surface area contributed by atoms with Crippen molar-refractivity contribution in [1.82, 2.24) is 19.5 Å². The number of aromatic nitrogens is 3. The number of carboxylic acids is 1. The maximum Gasteiger partial charge on any atom is 0.337 e. The largest absolute Gasteiger partial charge is 0.478 e. The van der Waals surface area contributed by atoms with Gasteiger partial charge in [0, 0.05) is 18.7 Å². The van der Waals surface area contributed by atoms with E-state index < -0.39 is 5.97 Å². The van der Waals surface area contributed by atoms with E-state index in [0.29, 0.717) is 11.6 Å². The first-order valence-electron chi connectivity index (χ1n) is 6.41. The number of likely N-dealkylation sites (tertiary alicyclic amines) is 1. The van der Waals surface area contributed by atoms with Crippen molar-refractivity contribution >= 4 is 11.6 Å². The minimum atomic E-state index is -0.948. The number of hydrogen-bond donors (Lipinski definition) is 1. The predicted molar refractivity (Wildman–Crippen MR) is 69.4 cm³/mol. The van der Waals surface area contributed by atoms with Crippen LogP contribution in [0.5, 0.6) is 0 Å². The second kappa shape index (κ2) is 4.62. The maximum atomic E-state index is 10.9. The fourth-order valence-electron chi connectivity index (χ4n) is 2.58. The van der Waals surface area contributed by atoms with Crippen LogP contribution in [-0.2, 0) is 0 Å². The van der Waals surface area contributed by atoms with E-state index in [0.717, 1.165) is 31.8 Å². The topological polar surface area (TPSA) is 70.7 Å². The number of carboxylic acid groups (broad SMARTS) is 1. The summed E-state index contributed by atoms with van der Waals surface area (Å²) < 4.78 is 1.56. The van der Waals surface area contributed by atoms with E-state index in [1.54, 1.807) is 16.6 Å². The molecule has 6 heteroatoms. The summed E-state index contributed by atoms with van der Waals surface area (Å²) in [5, 5.41) is 13.4. The normalized spacial score (nSPS) is 20.8. The molecular formula is C13H16N4O2. The van der Waals surface area contributed by atoms with Gasteiger partial charge in [0.1, 0.15) is 0 Å². The highest BCUT2D eigenvalue weighted by Crippen LogP contribution is 2.24. The molecule has 0 radical (unpaired) electrons. The minimum Gasteiger partial charge on any atom is -0.478 e. The van der Waals surface area contributed by atoms with Crippen LogP contribution in [0.3, 0.4) is 0 Å². The van der Waals surface area contributed by atoms with Crippen LogP contribution in [0.1, 0.15) is 34.9 Å². The highest BCUT2D eigenvalue weighted by molar-refractivity contribution is 5.87. The average Bonchev–Trinajstić information content (AvgIpc) is 2.81. The molecule has 1 saturated heterocycles. The molecule has 1 unspecified atom stereocenters. The van der Waals surface area contributed by atoms with Crippen molar-refractivity contribution in [3.8, 4) is 0 Å². The summed E-state index contributed by atoms with van der Waals surface area (Å²) in [6, 6.07) is 3.26. The van der Waals surface area contributed by atoms with E-state index in [1.807, 2.05) is 0 Å². The zero-order valence-electron chi connectivity index (χ0n) is 10.8. The molecule has 1 N–H and O–H groups in total. The number of likely N-dealkylation sites (N-methyl/N-ethyl adjacent to an activating group) is 1. The van der Waals surface area contributed by atoms with Crippen molar-refractivity contribution in [3.05, 3.63) is 29.7 Å². The zero-order chi connectivity index (χ0) is 13.4. The molecule has 0 aliphatic carbocycles. The Bertz CT molecular complexity index is 622. The summed E-state index contributed by atoms with van der Waals surface area (Å²) in [6.45, 7) is 2.08. The van der Waals surface area contributed by atoms with Gasteiger partial charge in [0.2, 0.25) is 0 Å². The van der Waals surface area contributed by atoms with Crippen molar-refractivity contribution < 1.29 is 9.90 Å². The lowest BCUT2D eigenvalue weighted by Crippen LogP contribution is -2.31. The Kier molecular flexibility index (Phi) is 2.94. The fraction of sp³-hybridized carbons (Fsp3) is 0.462. The number of carbonyl (C=O) groups is 1. The number of pyridine rings is 1. The molecule has 0 bridgehead atoms. The van der Waals surface area contributed by atoms with Gasteiger partial charge in [0.25, 0.3) is 0 Å². The third-order valence-electron chi connectivity index (χ3n) is 3.58. The van der Waals surface area contributed by atoms with Crippen molar-refractivity contribution in [2.45, 2.75) is 18.8 Å². The molecule has 1 aliphatic heterocycles. The minimum absolute atomic E-state index is 0.227. The second-order valence-corrected chi connectivity index (χ2v) is 5.10. The van der Waals surface area contributed by atoms with Crippen LogP contribution in [0.2, 0.25) is 0 Å². The van der Waals surface area contributed by atoms with Gasteiger partial charge in [-0.25, -0.2) is 14.3 Å². The zero-order valence-corrected chi connectivity index (χ0v) is 10.8. The standard InChI is InChI=1S/C13H16N4O2/c1-16-6-2-3-9(7-16)12-14-11-5-4-10(13(18)19)8-17(11)15-12/h4-5,8-9H,2-3,6-7H2,1H3,(H,18,19). The van der Waals surface area contributed by atoms with Crippen molar-refractivity contribution in [3.63, 3.8) is 0 Å². The molecule has 2 aromatic heterocycles. The summed E-state index contributed by atoms with van der Waals surface area (Å²) >= 11 is 0. The van der Waals surface area contributed by atoms with Crippen LogP contribution < -0.4 is 0 Å². The number of piperidine rings is 1. The maximum absolute atomic E-state index is 10.9. The molecule has 3 rings (SSSR count). The Morgan fingerprint density at radius 3 is 3.05 bits per heavy atom. The lowest BCUT2D eigenvalue weighted by molar-refractivity contribution is 0.0696. The first-order valence-corrected chi connectivity index (χ1v) is 6.41. The third kappa shape index (κ3) is 2.31. The highest BCUT2D eigenvalue weighted by Gasteiger charge is 2.22. The lowest BCUT2D eigenvalue weighted by Gasteiger charge is -2.27. The summed E-state index contributed by atoms with van der Waals surface area (Å²) in [6.07, 6.45) is 3.75. The Balaban J connectivity index is 1.94. The first kappa shape index (κ1) is 12.1. The van der Waals surface area contributed by atoms with Gasteiger partial charge in [0.05, 0.1) is 5.56 Å². The Labute approximate surface area is 110 Å². The van der Waals surface area contributed by atoms with E-state index in [4.69, 9.17) is 5.11 Å². The monoisotopic (exact) mass is 260 g/mol. The number of aromatic carboxylic acids is 1. The van der Waals surface area contributed by atoms with E-state index in [9.17, 15) is 4.79 Å². The van der Waals surface area contributed by atoms with Crippen LogP contribution in [0.15, 0.2) is 18.3 Å². The van der Waals surface area contributed by atoms with Gasteiger partial charge in [-0.15, -0.1) is 0 Å². The van der Waals surface area contributed by atoms with Crippen molar-refractivity contribution in [1.29, 1.82) is 0 Å². The SMILES string of the molecule is CN1CCCC(c2nc3ccc(C(=O)O)cn3n2)C1. The Morgan fingerprint density at radius 1 is 1.47 bits per heavy atom. The van der Waals surface area contributed by atoms with Gasteiger partial charge in [-0.05, 0) is 38.6 Å². The van der Waals surface area contributed by atoms with Crippen LogP contribution in [-0.4, -0.2) is 50.7 Å². The highest BCUT2D eigenvalue weighted by atomic mass is 16.4. The number of nitrogens with zero attached hydrogens (tertiary/aromatic N) is 4. The van der Waals surface area contributed by atoms with Crippen molar-refractivity contribution in [2.75, 3.05) is 20.1 Å². The summed E-state index contributed by atoms with van der Waals surface area (Å²) in [4.78, 5) is 17.7. The summed E-state index contributed by atoms with van der Waals surface area (Å²) in [5.41, 5.74) is 0.929. The quantitative estimate of drug-likeness (QED) is 0.879. The van der Waals surface area contributed by atoms with Gasteiger partial charge in [-0.1, -0.05) is 0 Å². The fourth-order valence-corrected chi connectivity index (χ4v) is 2.58. The van der Waals surface area contributed by atoms with E-state index in [2.05, 4.69) is 22.0 Å². The van der Waals surface area contributed by atoms with Gasteiger partial charge in [-0.3, -0.25) is 0 Å². The number of rotatable bonds is 2. The molecule has 0 saturated carbocycles. The molecule has 19 heavy (non-hydrogen) atoms. The first-order chi connectivity index (χ1) is 9.13. The molecule has 1 fully saturated rings. The molecule has 6 nitrogen and oxygen atoms in total. The summed E-state index contributed by atoms with van der Waals surface area (Å²) in [7, 11) is 2.10. The van der Waals surface area contributed by atoms with Gasteiger partial charge >= 0.3 is 5.97 Å². The van der Waals surface area contributed by atoms with Crippen LogP contribution >= 0.6 is 0 Å². The van der Waals surface area contributed by atoms with Gasteiger partial charge in [0.15, 0.2) is 11.5 Å². The molecule has 1 atom stereocenters. The predicted octanol–water partition coefficient (Wildman–Crippen LogP) is 1.24. The lowest BCUT2D eigenvalue weighted by atomic mass is 9.98. The molecule has 100 valence electrons. The number of fused-ring (bicyclic) bond motifs is 1. The molecule has 3 heterocycles. The molecular weight excluding hydrogens is 244 g/mol. The third-order valence-corrected chi connectivity index (χ3v) is 3.58. The van der Waals surface area contributed by atoms with Gasteiger partial charge in [-0.2, -0.15) is 5.10 Å². The van der Waals surface area contributed by atoms with E-state index in [-0.39, 0.29) is 5.56 Å². The smallest absolute Gasteiger partial charge is 0.337 e. The van der Waals surface area contributed by atoms with Crippen molar-refractivity contribution in [2.24, 2.45) is 0 Å². The van der Waals surface area contributed by atoms with Crippen LogP contribution in [0, 0.1) is 0 Å². The summed E-state index contributed by atoms with van der Waals surface area (Å²) in [5.74, 6) is 0.206. The Morgan fingerprint density at radius 2 is 2.32 bits per heavy atom. The van der Waals surface area contributed by atoms with Crippen LogP contribution in [0.4, 0.5) is 0 Å². The Hall–Kier alpha value is -1.95. The molecule has 0 spiro atoms. The van der Waals surface area contributed by atoms with E-state index >= 15 is 0 Å². The molecule has 2 aromatic rings. The number of hydrogen-bond acceptors (Lipinski definition) is 4.